The van der Waals surface area contributed by atoms with Crippen LogP contribution in [0.4, 0.5) is 0 Å². The molecular weight excluding hydrogens is 306 g/mol. The van der Waals surface area contributed by atoms with Gasteiger partial charge < -0.3 is 14.4 Å². The van der Waals surface area contributed by atoms with E-state index >= 15 is 0 Å². The quantitative estimate of drug-likeness (QED) is 0.863. The molecule has 0 saturated carbocycles. The molecule has 2 heterocycles. The number of benzene rings is 1. The lowest BCUT2D eigenvalue weighted by Crippen LogP contribution is -2.31. The number of carbonyl (C=O) groups excluding carboxylic acids is 1. The van der Waals surface area contributed by atoms with E-state index in [1.165, 1.54) is 7.11 Å². The highest BCUT2D eigenvalue weighted by atomic mass is 16.5. The third-order valence-electron chi connectivity index (χ3n) is 4.01. The zero-order valence-corrected chi connectivity index (χ0v) is 14.2. The molecular formula is C18H21N3O3. The molecule has 1 unspecified atom stereocenters. The van der Waals surface area contributed by atoms with Gasteiger partial charge in [0.15, 0.2) is 0 Å². The van der Waals surface area contributed by atoms with Gasteiger partial charge in [-0.25, -0.2) is 0 Å². The van der Waals surface area contributed by atoms with E-state index in [2.05, 4.69) is 16.3 Å². The number of aryl methyl sites for hydroxylation is 2. The molecule has 24 heavy (non-hydrogen) atoms. The van der Waals surface area contributed by atoms with Crippen LogP contribution in [0.25, 0.3) is 0 Å². The molecule has 2 aromatic rings. The van der Waals surface area contributed by atoms with Crippen molar-refractivity contribution in [3.63, 3.8) is 0 Å². The zero-order chi connectivity index (χ0) is 17.1. The molecule has 6 heteroatoms. The summed E-state index contributed by atoms with van der Waals surface area (Å²) in [5.41, 5.74) is 2.93. The normalized spacial score (nSPS) is 17.0. The van der Waals surface area contributed by atoms with Crippen molar-refractivity contribution in [1.29, 1.82) is 0 Å². The van der Waals surface area contributed by atoms with Gasteiger partial charge in [0.1, 0.15) is 6.10 Å². The molecule has 0 N–H and O–H groups in total. The molecule has 3 rings (SSSR count). The highest BCUT2D eigenvalue weighted by molar-refractivity contribution is 5.94. The predicted octanol–water partition coefficient (Wildman–Crippen LogP) is 2.40. The summed E-state index contributed by atoms with van der Waals surface area (Å²) < 4.78 is 10.8. The summed E-state index contributed by atoms with van der Waals surface area (Å²) in [6.45, 7) is 5.24. The van der Waals surface area contributed by atoms with Crippen molar-refractivity contribution in [1.82, 2.24) is 15.1 Å². The lowest BCUT2D eigenvalue weighted by molar-refractivity contribution is 0.0770. The van der Waals surface area contributed by atoms with Crippen molar-refractivity contribution >= 4 is 5.91 Å². The lowest BCUT2D eigenvalue weighted by Gasteiger charge is -2.17. The number of amides is 1. The van der Waals surface area contributed by atoms with E-state index < -0.39 is 0 Å². The van der Waals surface area contributed by atoms with Crippen molar-refractivity contribution in [2.24, 2.45) is 0 Å². The second-order valence-electron chi connectivity index (χ2n) is 6.07. The first-order valence-electron chi connectivity index (χ1n) is 7.97. The van der Waals surface area contributed by atoms with Gasteiger partial charge in [0.25, 0.3) is 5.91 Å². The maximum atomic E-state index is 12.7. The van der Waals surface area contributed by atoms with Gasteiger partial charge >= 0.3 is 0 Å². The molecule has 1 saturated heterocycles. The number of likely N-dealkylation sites (tertiary alicyclic amines) is 1. The molecule has 1 amide bonds. The largest absolute Gasteiger partial charge is 0.480 e. The number of rotatable bonds is 4. The standard InChI is InChI=1S/C18H21N3O3/c1-12-8-13(2)10-14(9-12)18(22)21-7-6-15(11-21)24-17-5-4-16(23-3)19-20-17/h4-5,8-10,15H,6-7,11H2,1-3H3. The van der Waals surface area contributed by atoms with Gasteiger partial charge in [0.2, 0.25) is 11.8 Å². The van der Waals surface area contributed by atoms with Crippen molar-refractivity contribution in [2.75, 3.05) is 20.2 Å². The van der Waals surface area contributed by atoms with Crippen LogP contribution in [-0.2, 0) is 0 Å². The Morgan fingerprint density at radius 1 is 1.12 bits per heavy atom. The molecule has 0 aliphatic carbocycles. The Kier molecular flexibility index (Phi) is 4.64. The average molecular weight is 327 g/mol. The highest BCUT2D eigenvalue weighted by Crippen LogP contribution is 2.20. The molecule has 1 aliphatic rings. The number of aromatic nitrogens is 2. The fourth-order valence-corrected chi connectivity index (χ4v) is 2.94. The molecule has 126 valence electrons. The number of methoxy groups -OCH3 is 1. The van der Waals surface area contributed by atoms with Crippen molar-refractivity contribution in [3.05, 3.63) is 47.0 Å². The van der Waals surface area contributed by atoms with Gasteiger partial charge in [-0.05, 0) is 26.0 Å². The summed E-state index contributed by atoms with van der Waals surface area (Å²) in [6, 6.07) is 9.35. The van der Waals surface area contributed by atoms with Crippen LogP contribution in [0.5, 0.6) is 11.8 Å². The summed E-state index contributed by atoms with van der Waals surface area (Å²) >= 11 is 0. The van der Waals surface area contributed by atoms with Gasteiger partial charge in [-0.1, -0.05) is 17.2 Å². The summed E-state index contributed by atoms with van der Waals surface area (Å²) in [5, 5.41) is 7.85. The Labute approximate surface area is 141 Å². The van der Waals surface area contributed by atoms with Crippen LogP contribution in [0.15, 0.2) is 30.3 Å². The number of hydrogen-bond acceptors (Lipinski definition) is 5. The predicted molar refractivity (Wildman–Crippen MR) is 89.4 cm³/mol. The fourth-order valence-electron chi connectivity index (χ4n) is 2.94. The molecule has 1 atom stereocenters. The van der Waals surface area contributed by atoms with E-state index in [4.69, 9.17) is 9.47 Å². The number of hydrogen-bond donors (Lipinski definition) is 0. The van der Waals surface area contributed by atoms with Crippen LogP contribution >= 0.6 is 0 Å². The van der Waals surface area contributed by atoms with Crippen LogP contribution < -0.4 is 9.47 Å². The SMILES string of the molecule is COc1ccc(OC2CCN(C(=O)c3cc(C)cc(C)c3)C2)nn1. The average Bonchev–Trinajstić information content (AvgIpc) is 3.02. The topological polar surface area (TPSA) is 64.6 Å². The summed E-state index contributed by atoms with van der Waals surface area (Å²) in [7, 11) is 1.54. The first-order chi connectivity index (χ1) is 11.5. The minimum Gasteiger partial charge on any atom is -0.480 e. The summed E-state index contributed by atoms with van der Waals surface area (Å²) in [6.07, 6.45) is 0.715. The number of ether oxygens (including phenoxy) is 2. The van der Waals surface area contributed by atoms with Crippen molar-refractivity contribution in [3.8, 4) is 11.8 Å². The van der Waals surface area contributed by atoms with Gasteiger partial charge in [-0.3, -0.25) is 4.79 Å². The second kappa shape index (κ2) is 6.86. The molecule has 1 aromatic heterocycles. The lowest BCUT2D eigenvalue weighted by atomic mass is 10.1. The number of nitrogens with zero attached hydrogens (tertiary/aromatic N) is 3. The second-order valence-corrected chi connectivity index (χ2v) is 6.07. The van der Waals surface area contributed by atoms with Crippen molar-refractivity contribution < 1.29 is 14.3 Å². The number of carbonyl (C=O) groups is 1. The Hall–Kier alpha value is -2.63. The molecule has 0 spiro atoms. The van der Waals surface area contributed by atoms with Crippen LogP contribution in [0.3, 0.4) is 0 Å². The highest BCUT2D eigenvalue weighted by Gasteiger charge is 2.28. The molecule has 1 fully saturated rings. The van der Waals surface area contributed by atoms with E-state index in [0.717, 1.165) is 23.1 Å². The molecule has 1 aliphatic heterocycles. The Bertz CT molecular complexity index is 711. The van der Waals surface area contributed by atoms with E-state index in [1.807, 2.05) is 30.9 Å². The van der Waals surface area contributed by atoms with Crippen LogP contribution in [-0.4, -0.2) is 47.3 Å². The van der Waals surface area contributed by atoms with Gasteiger partial charge in [-0.2, -0.15) is 0 Å². The maximum absolute atomic E-state index is 12.7. The van der Waals surface area contributed by atoms with E-state index in [0.29, 0.717) is 24.8 Å². The minimum atomic E-state index is -0.0671. The first-order valence-corrected chi connectivity index (χ1v) is 7.97. The smallest absolute Gasteiger partial charge is 0.254 e. The Balaban J connectivity index is 1.62. The van der Waals surface area contributed by atoms with Crippen LogP contribution in [0.2, 0.25) is 0 Å². The zero-order valence-electron chi connectivity index (χ0n) is 14.2. The summed E-state index contributed by atoms with van der Waals surface area (Å²) in [5.74, 6) is 0.940. The Morgan fingerprint density at radius 2 is 1.79 bits per heavy atom. The van der Waals surface area contributed by atoms with Crippen LogP contribution in [0, 0.1) is 13.8 Å². The van der Waals surface area contributed by atoms with Gasteiger partial charge in [0.05, 0.1) is 13.7 Å². The first kappa shape index (κ1) is 16.2. The monoisotopic (exact) mass is 327 g/mol. The van der Waals surface area contributed by atoms with Gasteiger partial charge in [-0.15, -0.1) is 10.2 Å². The maximum Gasteiger partial charge on any atom is 0.254 e. The van der Waals surface area contributed by atoms with Gasteiger partial charge in [0, 0.05) is 30.7 Å². The molecule has 0 radical (unpaired) electrons. The Morgan fingerprint density at radius 3 is 2.42 bits per heavy atom. The molecule has 6 nitrogen and oxygen atoms in total. The van der Waals surface area contributed by atoms with E-state index in [-0.39, 0.29) is 12.0 Å². The molecule has 1 aromatic carbocycles. The minimum absolute atomic E-state index is 0.0497. The van der Waals surface area contributed by atoms with E-state index in [1.54, 1.807) is 12.1 Å². The van der Waals surface area contributed by atoms with Crippen LogP contribution in [0.1, 0.15) is 27.9 Å². The third-order valence-corrected chi connectivity index (χ3v) is 4.01. The molecule has 0 bridgehead atoms. The summed E-state index contributed by atoms with van der Waals surface area (Å²) in [4.78, 5) is 14.5. The van der Waals surface area contributed by atoms with Crippen molar-refractivity contribution in [2.45, 2.75) is 26.4 Å². The fraction of sp³-hybridized carbons (Fsp3) is 0.389. The van der Waals surface area contributed by atoms with E-state index in [9.17, 15) is 4.79 Å². The third kappa shape index (κ3) is 3.64.